The summed E-state index contributed by atoms with van der Waals surface area (Å²) in [7, 11) is 0. The Balaban J connectivity index is 1.65. The predicted molar refractivity (Wildman–Crippen MR) is 174 cm³/mol. The fourth-order valence-electron chi connectivity index (χ4n) is 5.64. The van der Waals surface area contributed by atoms with Crippen molar-refractivity contribution < 1.29 is 40.1 Å². The van der Waals surface area contributed by atoms with Crippen molar-refractivity contribution in [3.63, 3.8) is 0 Å². The van der Waals surface area contributed by atoms with Gasteiger partial charge in [0.1, 0.15) is 22.7 Å². The number of aromatic hydroxyl groups is 6. The molecule has 0 atom stereocenters. The lowest BCUT2D eigenvalue weighted by molar-refractivity contribution is 0.106. The molecule has 0 spiro atoms. The molecular formula is C37H44O8. The summed E-state index contributed by atoms with van der Waals surface area (Å²) in [5, 5.41) is 59.7. The average Bonchev–Trinajstić information content (AvgIpc) is 2.93. The van der Waals surface area contributed by atoms with Crippen molar-refractivity contribution in [2.75, 3.05) is 0 Å². The Hall–Kier alpha value is -4.72. The maximum Gasteiger partial charge on any atom is 0.200 e. The highest BCUT2D eigenvalue weighted by atomic mass is 16.5. The molecule has 0 aliphatic rings. The first kappa shape index (κ1) is 33.2. The first-order valence-corrected chi connectivity index (χ1v) is 14.8. The smallest absolute Gasteiger partial charge is 0.200 e. The maximum absolute atomic E-state index is 10.0. The minimum absolute atomic E-state index is 0.393. The van der Waals surface area contributed by atoms with Crippen LogP contribution in [-0.2, 0) is 16.6 Å². The number of benzene rings is 4. The first-order valence-electron chi connectivity index (χ1n) is 14.8. The van der Waals surface area contributed by atoms with Gasteiger partial charge >= 0.3 is 0 Å². The number of aryl methyl sites for hydroxylation is 4. The molecule has 45 heavy (non-hydrogen) atoms. The van der Waals surface area contributed by atoms with Gasteiger partial charge in [-0.25, -0.2) is 0 Å². The van der Waals surface area contributed by atoms with Gasteiger partial charge in [-0.3, -0.25) is 0 Å². The summed E-state index contributed by atoms with van der Waals surface area (Å²) in [5.41, 5.74) is 4.65. The van der Waals surface area contributed by atoms with Crippen molar-refractivity contribution in [2.24, 2.45) is 0 Å². The average molecular weight is 617 g/mol. The van der Waals surface area contributed by atoms with Gasteiger partial charge in [0, 0.05) is 16.5 Å². The number of hydrogen-bond acceptors (Lipinski definition) is 8. The number of ether oxygens (including phenoxy) is 2. The van der Waals surface area contributed by atoms with Crippen LogP contribution >= 0.6 is 0 Å². The fraction of sp³-hybridized carbons (Fsp3) is 0.351. The van der Waals surface area contributed by atoms with E-state index in [9.17, 15) is 30.6 Å². The topological polar surface area (TPSA) is 140 Å². The molecule has 0 amide bonds. The monoisotopic (exact) mass is 616 g/mol. The molecule has 6 N–H and O–H groups in total. The molecule has 0 aromatic heterocycles. The minimum Gasteiger partial charge on any atom is -0.504 e. The summed E-state index contributed by atoms with van der Waals surface area (Å²) < 4.78 is 12.9. The van der Waals surface area contributed by atoms with Gasteiger partial charge in [0.05, 0.1) is 0 Å². The molecule has 4 aromatic carbocycles. The quantitative estimate of drug-likeness (QED) is 0.109. The summed E-state index contributed by atoms with van der Waals surface area (Å²) in [6, 6.07) is 13.9. The molecular weight excluding hydrogens is 572 g/mol. The van der Waals surface area contributed by atoms with E-state index in [-0.39, 0.29) is 0 Å². The Morgan fingerprint density at radius 2 is 0.644 bits per heavy atom. The number of hydrogen-bond donors (Lipinski definition) is 6. The van der Waals surface area contributed by atoms with Crippen LogP contribution in [0.1, 0.15) is 86.1 Å². The van der Waals surface area contributed by atoms with Crippen molar-refractivity contribution >= 4 is 0 Å². The van der Waals surface area contributed by atoms with E-state index in [0.29, 0.717) is 22.6 Å². The Morgan fingerprint density at radius 3 is 0.889 bits per heavy atom. The zero-order valence-corrected chi connectivity index (χ0v) is 27.6. The van der Waals surface area contributed by atoms with E-state index in [1.807, 2.05) is 55.4 Å². The largest absolute Gasteiger partial charge is 0.504 e. The van der Waals surface area contributed by atoms with Gasteiger partial charge in [-0.1, -0.05) is 38.1 Å². The van der Waals surface area contributed by atoms with Crippen molar-refractivity contribution in [1.82, 2.24) is 0 Å². The fourth-order valence-corrected chi connectivity index (χ4v) is 5.64. The summed E-state index contributed by atoms with van der Waals surface area (Å²) in [6.45, 7) is 19.6. The molecule has 8 heteroatoms. The van der Waals surface area contributed by atoms with Crippen molar-refractivity contribution in [2.45, 2.75) is 85.9 Å². The zero-order chi connectivity index (χ0) is 33.8. The molecule has 0 aliphatic carbocycles. The Kier molecular flexibility index (Phi) is 8.35. The van der Waals surface area contributed by atoms with Crippen molar-refractivity contribution in [3.8, 4) is 46.0 Å². The van der Waals surface area contributed by atoms with Crippen LogP contribution in [0.2, 0.25) is 0 Å². The second-order valence-electron chi connectivity index (χ2n) is 13.5. The van der Waals surface area contributed by atoms with Gasteiger partial charge in [-0.05, 0) is 113 Å². The molecule has 0 radical (unpaired) electrons. The van der Waals surface area contributed by atoms with E-state index in [1.54, 1.807) is 0 Å². The van der Waals surface area contributed by atoms with Gasteiger partial charge in [0.2, 0.25) is 0 Å². The lowest BCUT2D eigenvalue weighted by atomic mass is 9.76. The van der Waals surface area contributed by atoms with E-state index < -0.39 is 51.1 Å². The molecule has 0 fully saturated rings. The number of phenols is 6. The molecule has 4 aromatic rings. The lowest BCUT2D eigenvalue weighted by Crippen LogP contribution is -2.27. The summed E-state index contributed by atoms with van der Waals surface area (Å²) in [5.74, 6) is -1.44. The van der Waals surface area contributed by atoms with Crippen LogP contribution in [0.15, 0.2) is 48.5 Å². The van der Waals surface area contributed by atoms with Crippen LogP contribution < -0.4 is 9.47 Å². The highest BCUT2D eigenvalue weighted by molar-refractivity contribution is 5.55. The third-order valence-electron chi connectivity index (χ3n) is 8.61. The standard InChI is InChI=1S/C37H44O8/c1-19-11-23(12-20(2)33(19)44-36(7,8)25-15-27(38)31(42)28(39)16-25)35(5,6)24-13-21(3)34(22(4)14-24)45-37(9,10)26-17-29(40)32(43)30(41)18-26/h11-18,38-43H,1-10H3. The maximum atomic E-state index is 10.0. The van der Waals surface area contributed by atoms with E-state index in [4.69, 9.17) is 9.47 Å². The Morgan fingerprint density at radius 1 is 0.400 bits per heavy atom. The second kappa shape index (κ2) is 11.3. The molecule has 0 heterocycles. The van der Waals surface area contributed by atoms with Crippen LogP contribution in [0.3, 0.4) is 0 Å². The van der Waals surface area contributed by atoms with Gasteiger partial charge in [0.15, 0.2) is 34.5 Å². The SMILES string of the molecule is Cc1cc(C(C)(C)c2cc(C)c(OC(C)(C)c3cc(O)c(O)c(O)c3)c(C)c2)cc(C)c1OC(C)(C)c1cc(O)c(O)c(O)c1. The number of rotatable bonds is 8. The third-order valence-corrected chi connectivity index (χ3v) is 8.61. The number of phenolic OH excluding ortho intramolecular Hbond substituents is 6. The van der Waals surface area contributed by atoms with Crippen LogP contribution in [0.4, 0.5) is 0 Å². The van der Waals surface area contributed by atoms with E-state index in [2.05, 4.69) is 38.1 Å². The van der Waals surface area contributed by atoms with Crippen LogP contribution in [-0.4, -0.2) is 30.6 Å². The molecule has 240 valence electrons. The van der Waals surface area contributed by atoms with E-state index in [0.717, 1.165) is 33.4 Å². The van der Waals surface area contributed by atoms with E-state index >= 15 is 0 Å². The molecule has 0 saturated carbocycles. The third kappa shape index (κ3) is 6.27. The molecule has 0 bridgehead atoms. The van der Waals surface area contributed by atoms with Crippen LogP contribution in [0, 0.1) is 27.7 Å². The highest BCUT2D eigenvalue weighted by Gasteiger charge is 2.31. The van der Waals surface area contributed by atoms with Crippen LogP contribution in [0.25, 0.3) is 0 Å². The van der Waals surface area contributed by atoms with Crippen LogP contribution in [0.5, 0.6) is 46.0 Å². The normalized spacial score (nSPS) is 12.3. The van der Waals surface area contributed by atoms with Gasteiger partial charge in [-0.15, -0.1) is 0 Å². The lowest BCUT2D eigenvalue weighted by Gasteiger charge is -2.33. The summed E-state index contributed by atoms with van der Waals surface area (Å²) >= 11 is 0. The van der Waals surface area contributed by atoms with Gasteiger partial charge < -0.3 is 40.1 Å². The summed E-state index contributed by atoms with van der Waals surface area (Å²) in [4.78, 5) is 0. The molecule has 0 aliphatic heterocycles. The van der Waals surface area contributed by atoms with E-state index in [1.165, 1.54) is 24.3 Å². The minimum atomic E-state index is -0.926. The molecule has 0 unspecified atom stereocenters. The highest BCUT2D eigenvalue weighted by Crippen LogP contribution is 2.44. The molecule has 4 rings (SSSR count). The summed E-state index contributed by atoms with van der Waals surface area (Å²) in [6.07, 6.45) is 0. The van der Waals surface area contributed by atoms with Crippen molar-refractivity contribution in [3.05, 3.63) is 93.0 Å². The second-order valence-corrected chi connectivity index (χ2v) is 13.5. The zero-order valence-electron chi connectivity index (χ0n) is 27.6. The molecule has 0 saturated heterocycles. The molecule has 8 nitrogen and oxygen atoms in total. The van der Waals surface area contributed by atoms with Gasteiger partial charge in [-0.2, -0.15) is 0 Å². The predicted octanol–water partition coefficient (Wildman–Crippen LogP) is 8.11. The first-order chi connectivity index (χ1) is 20.7. The Labute approximate surface area is 264 Å². The van der Waals surface area contributed by atoms with Gasteiger partial charge in [0.25, 0.3) is 0 Å². The van der Waals surface area contributed by atoms with Crippen molar-refractivity contribution in [1.29, 1.82) is 0 Å². The Bertz CT molecular complexity index is 1560.